The Morgan fingerprint density at radius 2 is 2.09 bits per heavy atom. The van der Waals surface area contributed by atoms with Crippen LogP contribution in [0.4, 0.5) is 5.82 Å². The second-order valence-electron chi connectivity index (χ2n) is 5.83. The van der Waals surface area contributed by atoms with Gasteiger partial charge in [0.05, 0.1) is 16.3 Å². The Morgan fingerprint density at radius 3 is 2.91 bits per heavy atom. The Balaban J connectivity index is 1.67. The van der Waals surface area contributed by atoms with Crippen LogP contribution in [0.15, 0.2) is 48.1 Å². The van der Waals surface area contributed by atoms with Gasteiger partial charge in [0.25, 0.3) is 0 Å². The van der Waals surface area contributed by atoms with E-state index in [1.165, 1.54) is 5.56 Å². The van der Waals surface area contributed by atoms with Gasteiger partial charge in [-0.25, -0.2) is 9.97 Å². The van der Waals surface area contributed by atoms with Gasteiger partial charge in [0.2, 0.25) is 0 Å². The second-order valence-corrected chi connectivity index (χ2v) is 6.75. The maximum atomic E-state index is 5.85. The Labute approximate surface area is 139 Å². The van der Waals surface area contributed by atoms with E-state index in [0.29, 0.717) is 6.10 Å². The van der Waals surface area contributed by atoms with Crippen molar-refractivity contribution in [3.63, 3.8) is 0 Å². The molecule has 1 aliphatic heterocycles. The number of rotatable bonds is 5. The number of ether oxygens (including phenoxy) is 1. The maximum Gasteiger partial charge on any atom is 0.150 e. The Morgan fingerprint density at radius 1 is 1.17 bits per heavy atom. The number of nitrogens with zero attached hydrogens (tertiary/aromatic N) is 3. The Bertz CT molecular complexity index is 768. The van der Waals surface area contributed by atoms with Gasteiger partial charge in [-0.3, -0.25) is 0 Å². The van der Waals surface area contributed by atoms with E-state index >= 15 is 0 Å². The molecule has 0 unspecified atom stereocenters. The first-order valence-electron chi connectivity index (χ1n) is 7.99. The lowest BCUT2D eigenvalue weighted by atomic mass is 10.2. The van der Waals surface area contributed by atoms with Crippen LogP contribution in [0.25, 0.3) is 10.2 Å². The molecule has 118 valence electrons. The van der Waals surface area contributed by atoms with Crippen molar-refractivity contribution in [2.45, 2.75) is 25.5 Å². The summed E-state index contributed by atoms with van der Waals surface area (Å²) in [4.78, 5) is 11.3. The molecule has 0 amide bonds. The van der Waals surface area contributed by atoms with Crippen LogP contribution in [0.5, 0.6) is 0 Å². The molecule has 3 aromatic rings. The molecule has 1 atom stereocenters. The fourth-order valence-electron chi connectivity index (χ4n) is 3.06. The van der Waals surface area contributed by atoms with Crippen LogP contribution in [-0.4, -0.2) is 29.2 Å². The van der Waals surface area contributed by atoms with Crippen LogP contribution < -0.4 is 4.90 Å². The van der Waals surface area contributed by atoms with Crippen LogP contribution in [0.2, 0.25) is 0 Å². The van der Waals surface area contributed by atoms with Crippen molar-refractivity contribution in [1.29, 1.82) is 0 Å². The van der Waals surface area contributed by atoms with Crippen molar-refractivity contribution in [1.82, 2.24) is 9.97 Å². The Kier molecular flexibility index (Phi) is 4.22. The zero-order valence-electron chi connectivity index (χ0n) is 12.9. The van der Waals surface area contributed by atoms with Crippen molar-refractivity contribution in [2.75, 3.05) is 18.1 Å². The minimum absolute atomic E-state index is 0.295. The predicted molar refractivity (Wildman–Crippen MR) is 93.9 cm³/mol. The number of aromatic nitrogens is 2. The zero-order chi connectivity index (χ0) is 15.5. The number of thiophene rings is 1. The van der Waals surface area contributed by atoms with E-state index in [9.17, 15) is 0 Å². The monoisotopic (exact) mass is 325 g/mol. The molecule has 4 nitrogen and oxygen atoms in total. The van der Waals surface area contributed by atoms with E-state index in [1.807, 2.05) is 0 Å². The van der Waals surface area contributed by atoms with E-state index < -0.39 is 0 Å². The van der Waals surface area contributed by atoms with Crippen molar-refractivity contribution < 1.29 is 4.74 Å². The Hall–Kier alpha value is -1.98. The van der Waals surface area contributed by atoms with Gasteiger partial charge in [-0.15, -0.1) is 11.3 Å². The van der Waals surface area contributed by atoms with Crippen LogP contribution >= 0.6 is 11.3 Å². The minimum atomic E-state index is 0.295. The average Bonchev–Trinajstić information content (AvgIpc) is 3.26. The first kappa shape index (κ1) is 14.6. The molecule has 1 aromatic carbocycles. The van der Waals surface area contributed by atoms with Gasteiger partial charge < -0.3 is 9.64 Å². The van der Waals surface area contributed by atoms with Gasteiger partial charge in [0.15, 0.2) is 0 Å². The van der Waals surface area contributed by atoms with Crippen molar-refractivity contribution in [3.8, 4) is 0 Å². The third-order valence-corrected chi connectivity index (χ3v) is 5.09. The van der Waals surface area contributed by atoms with Gasteiger partial charge >= 0.3 is 0 Å². The number of fused-ring (bicyclic) bond motifs is 1. The summed E-state index contributed by atoms with van der Waals surface area (Å²) in [7, 11) is 0. The molecule has 2 aromatic heterocycles. The summed E-state index contributed by atoms with van der Waals surface area (Å²) in [6, 6.07) is 12.6. The molecule has 23 heavy (non-hydrogen) atoms. The van der Waals surface area contributed by atoms with E-state index in [0.717, 1.165) is 48.6 Å². The van der Waals surface area contributed by atoms with E-state index in [4.69, 9.17) is 4.74 Å². The molecule has 1 fully saturated rings. The van der Waals surface area contributed by atoms with Crippen LogP contribution in [-0.2, 0) is 11.3 Å². The zero-order valence-corrected chi connectivity index (χ0v) is 13.7. The van der Waals surface area contributed by atoms with Crippen LogP contribution in [0, 0.1) is 0 Å². The summed E-state index contributed by atoms with van der Waals surface area (Å²) < 4.78 is 7.01. The molecule has 5 heteroatoms. The van der Waals surface area contributed by atoms with Crippen molar-refractivity contribution in [2.24, 2.45) is 0 Å². The lowest BCUT2D eigenvalue weighted by Gasteiger charge is -2.26. The molecule has 4 rings (SSSR count). The maximum absolute atomic E-state index is 5.85. The number of hydrogen-bond acceptors (Lipinski definition) is 5. The molecular formula is C18H19N3OS. The fraction of sp³-hybridized carbons (Fsp3) is 0.333. The molecule has 1 aliphatic rings. The van der Waals surface area contributed by atoms with E-state index in [-0.39, 0.29) is 0 Å². The molecule has 3 heterocycles. The number of benzene rings is 1. The average molecular weight is 325 g/mol. The lowest BCUT2D eigenvalue weighted by molar-refractivity contribution is 0.115. The molecule has 0 N–H and O–H groups in total. The van der Waals surface area contributed by atoms with Crippen molar-refractivity contribution >= 4 is 27.4 Å². The van der Waals surface area contributed by atoms with Gasteiger partial charge in [0.1, 0.15) is 12.1 Å². The second kappa shape index (κ2) is 6.64. The highest BCUT2D eigenvalue weighted by Crippen LogP contribution is 2.30. The summed E-state index contributed by atoms with van der Waals surface area (Å²) in [5.74, 6) is 1.02. The van der Waals surface area contributed by atoms with Gasteiger partial charge in [-0.05, 0) is 29.9 Å². The topological polar surface area (TPSA) is 38.2 Å². The molecular weight excluding hydrogens is 306 g/mol. The molecule has 0 saturated carbocycles. The highest BCUT2D eigenvalue weighted by molar-refractivity contribution is 7.17. The summed E-state index contributed by atoms with van der Waals surface area (Å²) in [6.45, 7) is 2.59. The normalized spacial score (nSPS) is 17.7. The third-order valence-electron chi connectivity index (χ3n) is 4.19. The van der Waals surface area contributed by atoms with Crippen molar-refractivity contribution in [3.05, 3.63) is 53.7 Å². The largest absolute Gasteiger partial charge is 0.376 e. The SMILES string of the molecule is c1ccc(CN(C[C@@H]2CCCO2)c2ncnc3ccsc23)cc1. The fourth-order valence-corrected chi connectivity index (χ4v) is 3.93. The minimum Gasteiger partial charge on any atom is -0.376 e. The molecule has 1 saturated heterocycles. The lowest BCUT2D eigenvalue weighted by Crippen LogP contribution is -2.32. The smallest absolute Gasteiger partial charge is 0.150 e. The van der Waals surface area contributed by atoms with Crippen LogP contribution in [0.1, 0.15) is 18.4 Å². The first-order valence-corrected chi connectivity index (χ1v) is 8.87. The first-order chi connectivity index (χ1) is 11.4. The number of anilines is 1. The highest BCUT2D eigenvalue weighted by atomic mass is 32.1. The van der Waals surface area contributed by atoms with Crippen LogP contribution in [0.3, 0.4) is 0 Å². The van der Waals surface area contributed by atoms with Gasteiger partial charge in [-0.2, -0.15) is 0 Å². The molecule has 0 spiro atoms. The molecule has 0 bridgehead atoms. The number of hydrogen-bond donors (Lipinski definition) is 0. The quantitative estimate of drug-likeness (QED) is 0.713. The predicted octanol–water partition coefficient (Wildman–Crippen LogP) is 3.88. The third kappa shape index (κ3) is 3.21. The van der Waals surface area contributed by atoms with Gasteiger partial charge in [0, 0.05) is 19.7 Å². The van der Waals surface area contributed by atoms with Gasteiger partial charge in [-0.1, -0.05) is 30.3 Å². The standard InChI is InChI=1S/C18H19N3OS/c1-2-5-14(6-3-1)11-21(12-15-7-4-9-22-15)18-17-16(8-10-23-17)19-13-20-18/h1-3,5-6,8,10,13,15H,4,7,9,11-12H2/t15-/m0/s1. The summed E-state index contributed by atoms with van der Waals surface area (Å²) in [5, 5.41) is 2.08. The molecule has 0 radical (unpaired) electrons. The summed E-state index contributed by atoms with van der Waals surface area (Å²) in [6.07, 6.45) is 4.24. The summed E-state index contributed by atoms with van der Waals surface area (Å²) >= 11 is 1.70. The molecule has 0 aliphatic carbocycles. The van der Waals surface area contributed by atoms with E-state index in [1.54, 1.807) is 17.7 Å². The summed E-state index contributed by atoms with van der Waals surface area (Å²) in [5.41, 5.74) is 2.30. The van der Waals surface area contributed by atoms with E-state index in [2.05, 4.69) is 56.6 Å². The highest BCUT2D eigenvalue weighted by Gasteiger charge is 2.22.